The lowest BCUT2D eigenvalue weighted by molar-refractivity contribution is 0.590. The average Bonchev–Trinajstić information content (AvgIpc) is 2.91. The van der Waals surface area contributed by atoms with E-state index in [1.165, 1.54) is 16.1 Å². The lowest BCUT2D eigenvalue weighted by atomic mass is 9.87. The first-order valence-corrected chi connectivity index (χ1v) is 7.57. The highest BCUT2D eigenvalue weighted by Crippen LogP contribution is 2.24. The van der Waals surface area contributed by atoms with E-state index in [1.54, 1.807) is 0 Å². The van der Waals surface area contributed by atoms with Crippen molar-refractivity contribution in [3.63, 3.8) is 0 Å². The third kappa shape index (κ3) is 2.64. The Balaban J connectivity index is 2.07. The molecule has 0 amide bonds. The molecule has 0 saturated heterocycles. The fourth-order valence-electron chi connectivity index (χ4n) is 2.25. The smallest absolute Gasteiger partial charge is 0.271 e. The van der Waals surface area contributed by atoms with Crippen molar-refractivity contribution in [2.75, 3.05) is 0 Å². The summed E-state index contributed by atoms with van der Waals surface area (Å²) < 4.78 is 1.32. The van der Waals surface area contributed by atoms with Crippen LogP contribution >= 0.6 is 11.6 Å². The summed E-state index contributed by atoms with van der Waals surface area (Å²) in [6, 6.07) is 9.54. The second-order valence-electron chi connectivity index (χ2n) is 6.25. The van der Waals surface area contributed by atoms with Gasteiger partial charge in [-0.3, -0.25) is 9.89 Å². The normalized spacial score (nSPS) is 12.0. The molecule has 2 aromatic heterocycles. The summed E-state index contributed by atoms with van der Waals surface area (Å²) in [6.45, 7) is 6.50. The van der Waals surface area contributed by atoms with Crippen LogP contribution < -0.4 is 5.56 Å². The van der Waals surface area contributed by atoms with E-state index in [-0.39, 0.29) is 16.9 Å². The van der Waals surface area contributed by atoms with Crippen LogP contribution in [0.25, 0.3) is 17.2 Å². The third-order valence-corrected chi connectivity index (χ3v) is 3.82. The molecule has 5 nitrogen and oxygen atoms in total. The molecule has 3 aromatic rings. The van der Waals surface area contributed by atoms with Crippen LogP contribution in [0.2, 0.25) is 0 Å². The molecule has 0 aliphatic carbocycles. The number of hydrogen-bond donors (Lipinski definition) is 1. The van der Waals surface area contributed by atoms with Crippen LogP contribution in [0.3, 0.4) is 0 Å². The van der Waals surface area contributed by atoms with Crippen molar-refractivity contribution in [1.29, 1.82) is 0 Å². The Morgan fingerprint density at radius 1 is 1.18 bits per heavy atom. The van der Waals surface area contributed by atoms with Gasteiger partial charge in [0.15, 0.2) is 5.82 Å². The molecule has 0 aliphatic heterocycles. The summed E-state index contributed by atoms with van der Waals surface area (Å²) in [5.74, 6) is 1.13. The number of benzene rings is 1. The van der Waals surface area contributed by atoms with Crippen LogP contribution in [0.4, 0.5) is 0 Å². The zero-order chi connectivity index (χ0) is 15.9. The van der Waals surface area contributed by atoms with Crippen LogP contribution in [0, 0.1) is 0 Å². The number of nitrogens with zero attached hydrogens (tertiary/aromatic N) is 3. The first-order valence-electron chi connectivity index (χ1n) is 7.04. The van der Waals surface area contributed by atoms with Gasteiger partial charge in [-0.15, -0.1) is 11.6 Å². The minimum absolute atomic E-state index is 0.0974. The van der Waals surface area contributed by atoms with E-state index in [2.05, 4.69) is 48.0 Å². The van der Waals surface area contributed by atoms with Crippen LogP contribution in [0.5, 0.6) is 0 Å². The molecule has 0 atom stereocenters. The minimum atomic E-state index is -0.217. The Hall–Kier alpha value is -2.14. The number of H-pyrrole nitrogens is 1. The number of fused-ring (bicyclic) bond motifs is 1. The molecule has 0 spiro atoms. The second-order valence-corrected chi connectivity index (χ2v) is 6.52. The predicted molar refractivity (Wildman–Crippen MR) is 87.3 cm³/mol. The van der Waals surface area contributed by atoms with E-state index >= 15 is 0 Å². The lowest BCUT2D eigenvalue weighted by Gasteiger charge is -2.18. The first-order chi connectivity index (χ1) is 10.4. The molecule has 2 heterocycles. The highest BCUT2D eigenvalue weighted by Gasteiger charge is 2.14. The molecular weight excluding hydrogens is 300 g/mol. The molecule has 0 radical (unpaired) electrons. The third-order valence-electron chi connectivity index (χ3n) is 3.54. The maximum absolute atomic E-state index is 12.0. The van der Waals surface area contributed by atoms with Crippen molar-refractivity contribution < 1.29 is 0 Å². The van der Waals surface area contributed by atoms with Crippen molar-refractivity contribution in [3.05, 3.63) is 51.9 Å². The van der Waals surface area contributed by atoms with Crippen LogP contribution in [0.1, 0.15) is 32.0 Å². The fraction of sp³-hybridized carbons (Fsp3) is 0.312. The van der Waals surface area contributed by atoms with E-state index in [0.717, 1.165) is 5.56 Å². The average molecular weight is 317 g/mol. The van der Waals surface area contributed by atoms with Gasteiger partial charge in [-0.2, -0.15) is 9.50 Å². The Bertz CT molecular complexity index is 872. The summed E-state index contributed by atoms with van der Waals surface area (Å²) in [4.78, 5) is 20.6. The monoisotopic (exact) mass is 316 g/mol. The Labute approximate surface area is 133 Å². The largest absolute Gasteiger partial charge is 0.274 e. The van der Waals surface area contributed by atoms with Gasteiger partial charge in [0.05, 0.1) is 11.6 Å². The van der Waals surface area contributed by atoms with Gasteiger partial charge < -0.3 is 0 Å². The quantitative estimate of drug-likeness (QED) is 0.739. The summed E-state index contributed by atoms with van der Waals surface area (Å²) in [5, 5.41) is 2.98. The lowest BCUT2D eigenvalue weighted by Crippen LogP contribution is -2.15. The van der Waals surface area contributed by atoms with Gasteiger partial charge in [-0.05, 0) is 11.0 Å². The van der Waals surface area contributed by atoms with Crippen LogP contribution in [-0.4, -0.2) is 19.6 Å². The maximum atomic E-state index is 12.0. The number of nitrogens with one attached hydrogen (secondary N) is 1. The summed E-state index contributed by atoms with van der Waals surface area (Å²) in [6.07, 6.45) is 0. The minimum Gasteiger partial charge on any atom is -0.271 e. The second kappa shape index (κ2) is 5.25. The van der Waals surface area contributed by atoms with Crippen molar-refractivity contribution in [2.24, 2.45) is 0 Å². The number of rotatable bonds is 2. The SMILES string of the molecule is CC(C)(C)c1ccc(-c2nc3nc(CCl)cc(=O)n3[nH]2)cc1. The van der Waals surface area contributed by atoms with Gasteiger partial charge >= 0.3 is 0 Å². The topological polar surface area (TPSA) is 63.1 Å². The number of hydrogen-bond acceptors (Lipinski definition) is 3. The van der Waals surface area contributed by atoms with Gasteiger partial charge in [0, 0.05) is 11.6 Å². The maximum Gasteiger partial charge on any atom is 0.274 e. The zero-order valence-electron chi connectivity index (χ0n) is 12.7. The van der Waals surface area contributed by atoms with E-state index in [9.17, 15) is 4.79 Å². The zero-order valence-corrected chi connectivity index (χ0v) is 13.5. The predicted octanol–water partition coefficient (Wildman–Crippen LogP) is 3.12. The van der Waals surface area contributed by atoms with Gasteiger partial charge in [0.1, 0.15) is 0 Å². The molecule has 1 N–H and O–H groups in total. The molecule has 0 unspecified atom stereocenters. The highest BCUT2D eigenvalue weighted by molar-refractivity contribution is 6.16. The molecule has 3 rings (SSSR count). The van der Waals surface area contributed by atoms with Crippen LogP contribution in [-0.2, 0) is 11.3 Å². The highest BCUT2D eigenvalue weighted by atomic mass is 35.5. The van der Waals surface area contributed by atoms with Crippen LogP contribution in [0.15, 0.2) is 35.1 Å². The molecule has 0 saturated carbocycles. The van der Waals surface area contributed by atoms with Gasteiger partial charge in [-0.1, -0.05) is 45.0 Å². The van der Waals surface area contributed by atoms with Crippen molar-refractivity contribution in [2.45, 2.75) is 32.1 Å². The van der Waals surface area contributed by atoms with Gasteiger partial charge in [0.2, 0.25) is 0 Å². The number of aromatic amines is 1. The van der Waals surface area contributed by atoms with Crippen molar-refractivity contribution in [3.8, 4) is 11.4 Å². The molecule has 0 fully saturated rings. The standard InChI is InChI=1S/C16H17ClN4O/c1-16(2,3)11-6-4-10(5-7-11)14-19-15-18-12(9-17)8-13(22)21(15)20-14/h4-8H,9H2,1-3H3,(H,18,19,20). The van der Waals surface area contributed by atoms with Gasteiger partial charge in [0.25, 0.3) is 11.3 Å². The Morgan fingerprint density at radius 2 is 1.86 bits per heavy atom. The van der Waals surface area contributed by atoms with E-state index in [1.807, 2.05) is 12.1 Å². The Morgan fingerprint density at radius 3 is 2.45 bits per heavy atom. The number of alkyl halides is 1. The molecule has 6 heteroatoms. The first kappa shape index (κ1) is 14.8. The molecule has 0 aliphatic rings. The molecule has 114 valence electrons. The molecule has 0 bridgehead atoms. The van der Waals surface area contributed by atoms with Crippen molar-refractivity contribution in [1.82, 2.24) is 19.6 Å². The van der Waals surface area contributed by atoms with E-state index in [0.29, 0.717) is 17.3 Å². The Kier molecular flexibility index (Phi) is 3.53. The van der Waals surface area contributed by atoms with E-state index in [4.69, 9.17) is 11.6 Å². The number of aromatic nitrogens is 4. The molecule has 1 aromatic carbocycles. The van der Waals surface area contributed by atoms with E-state index < -0.39 is 0 Å². The van der Waals surface area contributed by atoms with Gasteiger partial charge in [-0.25, -0.2) is 4.98 Å². The molecule has 22 heavy (non-hydrogen) atoms. The summed E-state index contributed by atoms with van der Waals surface area (Å²) in [7, 11) is 0. The summed E-state index contributed by atoms with van der Waals surface area (Å²) >= 11 is 5.73. The molecular formula is C16H17ClN4O. The fourth-order valence-corrected chi connectivity index (χ4v) is 2.39. The van der Waals surface area contributed by atoms with Crippen molar-refractivity contribution >= 4 is 17.4 Å². The number of halogens is 1. The summed E-state index contributed by atoms with van der Waals surface area (Å²) in [5.41, 5.74) is 2.55.